The molecule has 0 atom stereocenters. The van der Waals surface area contributed by atoms with Gasteiger partial charge in [-0.2, -0.15) is 0 Å². The normalized spacial score (nSPS) is 10.7. The minimum atomic E-state index is -3.89. The van der Waals surface area contributed by atoms with E-state index in [1.165, 1.54) is 24.3 Å². The van der Waals surface area contributed by atoms with Crippen molar-refractivity contribution in [2.45, 2.75) is 23.6 Å². The number of hydrogen-bond donors (Lipinski definition) is 0. The maximum Gasteiger partial charge on any atom is 0.206 e. The van der Waals surface area contributed by atoms with Crippen LogP contribution in [0, 0.1) is 27.0 Å². The van der Waals surface area contributed by atoms with E-state index >= 15 is 0 Å². The molecule has 0 aliphatic rings. The Kier molecular flexibility index (Phi) is 3.80. The van der Waals surface area contributed by atoms with Crippen molar-refractivity contribution in [3.05, 3.63) is 70.4 Å². The molecule has 0 aromatic heterocycles. The summed E-state index contributed by atoms with van der Waals surface area (Å²) in [6.07, 6.45) is 0. The Balaban J connectivity index is 2.76. The summed E-state index contributed by atoms with van der Waals surface area (Å²) in [4.78, 5) is 6.46. The van der Waals surface area contributed by atoms with Crippen molar-refractivity contribution in [2.24, 2.45) is 0 Å². The van der Waals surface area contributed by atoms with Crippen LogP contribution < -0.4 is 0 Å². The molecule has 21 heavy (non-hydrogen) atoms. The molecule has 104 valence electrons. The van der Waals surface area contributed by atoms with E-state index in [0.29, 0.717) is 0 Å². The predicted octanol–water partition coefficient (Wildman–Crippen LogP) is 4.24. The van der Waals surface area contributed by atoms with Gasteiger partial charge in [0.2, 0.25) is 11.4 Å². The highest BCUT2D eigenvalue weighted by Crippen LogP contribution is 2.35. The zero-order valence-corrected chi connectivity index (χ0v) is 12.4. The van der Waals surface area contributed by atoms with Crippen LogP contribution >= 0.6 is 0 Å². The number of aryl methyl sites for hydroxylation is 2. The minimum Gasteiger partial charge on any atom is -0.237 e. The quantitative estimate of drug-likeness (QED) is 0.778. The smallest absolute Gasteiger partial charge is 0.206 e. The summed E-state index contributed by atoms with van der Waals surface area (Å²) in [5.74, 6) is 0. The second kappa shape index (κ2) is 5.40. The van der Waals surface area contributed by atoms with Crippen LogP contribution in [0.2, 0.25) is 0 Å². The molecule has 0 saturated carbocycles. The molecule has 2 aromatic rings. The summed E-state index contributed by atoms with van der Waals surface area (Å²) in [5.41, 5.74) is 1.78. The Morgan fingerprint density at radius 1 is 0.810 bits per heavy atom. The highest BCUT2D eigenvalue weighted by molar-refractivity contribution is 7.91. The van der Waals surface area contributed by atoms with Crippen LogP contribution in [0.1, 0.15) is 11.1 Å². The maximum atomic E-state index is 12.7. The van der Waals surface area contributed by atoms with E-state index in [1.54, 1.807) is 26.0 Å². The average molecular weight is 296 g/mol. The first-order valence-corrected chi connectivity index (χ1v) is 7.60. The van der Waals surface area contributed by atoms with Crippen LogP contribution in [0.25, 0.3) is 9.69 Å². The van der Waals surface area contributed by atoms with Crippen molar-refractivity contribution in [1.82, 2.24) is 0 Å². The molecule has 0 bridgehead atoms. The lowest BCUT2D eigenvalue weighted by atomic mass is 10.2. The number of benzene rings is 2. The second-order valence-electron chi connectivity index (χ2n) is 4.67. The van der Waals surface area contributed by atoms with Crippen LogP contribution in [0.5, 0.6) is 0 Å². The zero-order valence-electron chi connectivity index (χ0n) is 11.6. The van der Waals surface area contributed by atoms with Gasteiger partial charge < -0.3 is 0 Å². The summed E-state index contributed by atoms with van der Waals surface area (Å²) < 4.78 is 25.5. The Bertz CT molecular complexity index is 831. The molecule has 0 aliphatic heterocycles. The van der Waals surface area contributed by atoms with E-state index in [1.807, 2.05) is 0 Å². The zero-order chi connectivity index (χ0) is 15.6. The number of hydrogen-bond acceptors (Lipinski definition) is 2. The van der Waals surface area contributed by atoms with Crippen molar-refractivity contribution in [3.8, 4) is 0 Å². The first-order chi connectivity index (χ1) is 9.90. The molecule has 2 aromatic carbocycles. The van der Waals surface area contributed by atoms with Crippen molar-refractivity contribution in [1.29, 1.82) is 0 Å². The minimum absolute atomic E-state index is 0.0585. The van der Waals surface area contributed by atoms with Crippen LogP contribution in [-0.4, -0.2) is 8.42 Å². The maximum absolute atomic E-state index is 12.7. The van der Waals surface area contributed by atoms with Gasteiger partial charge in [0.15, 0.2) is 9.84 Å². The fourth-order valence-corrected chi connectivity index (χ4v) is 3.49. The van der Waals surface area contributed by atoms with Crippen molar-refractivity contribution in [3.63, 3.8) is 0 Å². The van der Waals surface area contributed by atoms with Crippen LogP contribution in [0.15, 0.2) is 46.2 Å². The van der Waals surface area contributed by atoms with Gasteiger partial charge in [-0.3, -0.25) is 0 Å². The Morgan fingerprint density at radius 2 is 1.19 bits per heavy atom. The molecular weight excluding hydrogens is 284 g/mol. The molecule has 0 heterocycles. The van der Waals surface area contributed by atoms with Gasteiger partial charge in [0.25, 0.3) is 0 Å². The first kappa shape index (κ1) is 14.8. The van der Waals surface area contributed by atoms with Gasteiger partial charge in [0.05, 0.1) is 22.9 Å². The van der Waals surface area contributed by atoms with Gasteiger partial charge >= 0.3 is 0 Å². The average Bonchev–Trinajstić information content (AvgIpc) is 2.46. The molecule has 2 rings (SSSR count). The highest BCUT2D eigenvalue weighted by Gasteiger charge is 2.24. The molecule has 5 heteroatoms. The number of rotatable bonds is 2. The second-order valence-corrected chi connectivity index (χ2v) is 6.56. The van der Waals surface area contributed by atoms with Gasteiger partial charge in [-0.25, -0.2) is 18.1 Å². The van der Waals surface area contributed by atoms with Crippen LogP contribution in [0.4, 0.5) is 11.4 Å². The Labute approximate surface area is 124 Å². The lowest BCUT2D eigenvalue weighted by Gasteiger charge is -2.09. The Hall–Kier alpha value is -2.63. The summed E-state index contributed by atoms with van der Waals surface area (Å²) >= 11 is 0. The molecule has 0 amide bonds. The van der Waals surface area contributed by atoms with Crippen LogP contribution in [-0.2, 0) is 9.84 Å². The van der Waals surface area contributed by atoms with Gasteiger partial charge in [-0.1, -0.05) is 47.5 Å². The lowest BCUT2D eigenvalue weighted by molar-refractivity contribution is 0.597. The standard InChI is InChI=1S/C16H12N2O2S/c1-11-5-7-15(13(9-11)17-3)21(19,20)16-8-6-12(2)10-14(16)18-4/h5-10H,1-2H3. The van der Waals surface area contributed by atoms with Gasteiger partial charge in [-0.05, 0) is 13.8 Å². The number of sulfone groups is 1. The molecule has 0 fully saturated rings. The highest BCUT2D eigenvalue weighted by atomic mass is 32.2. The predicted molar refractivity (Wildman–Crippen MR) is 80.3 cm³/mol. The lowest BCUT2D eigenvalue weighted by Crippen LogP contribution is -2.03. The fraction of sp³-hybridized carbons (Fsp3) is 0.125. The van der Waals surface area contributed by atoms with E-state index < -0.39 is 9.84 Å². The Morgan fingerprint density at radius 3 is 1.52 bits per heavy atom. The van der Waals surface area contributed by atoms with E-state index in [2.05, 4.69) is 9.69 Å². The van der Waals surface area contributed by atoms with Gasteiger partial charge in [0.1, 0.15) is 0 Å². The third-order valence-electron chi connectivity index (χ3n) is 3.05. The van der Waals surface area contributed by atoms with Crippen molar-refractivity contribution >= 4 is 21.2 Å². The molecule has 4 nitrogen and oxygen atoms in total. The van der Waals surface area contributed by atoms with Crippen molar-refractivity contribution in [2.75, 3.05) is 0 Å². The first-order valence-electron chi connectivity index (χ1n) is 6.11. The SMILES string of the molecule is [C-]#[N+]c1cc(C)ccc1S(=O)(=O)c1ccc(C)cc1[N+]#[C-]. The molecule has 0 spiro atoms. The van der Waals surface area contributed by atoms with E-state index in [0.717, 1.165) is 11.1 Å². The third-order valence-corrected chi connectivity index (χ3v) is 4.90. The largest absolute Gasteiger partial charge is 0.237 e. The van der Waals surface area contributed by atoms with E-state index in [-0.39, 0.29) is 21.2 Å². The molecule has 0 unspecified atom stereocenters. The van der Waals surface area contributed by atoms with Gasteiger partial charge in [0, 0.05) is 0 Å². The molecule has 0 saturated heterocycles. The molecule has 0 radical (unpaired) electrons. The van der Waals surface area contributed by atoms with Crippen molar-refractivity contribution < 1.29 is 8.42 Å². The summed E-state index contributed by atoms with van der Waals surface area (Å²) in [6.45, 7) is 17.9. The summed E-state index contributed by atoms with van der Waals surface area (Å²) in [7, 11) is -3.89. The topological polar surface area (TPSA) is 42.9 Å². The fourth-order valence-electron chi connectivity index (χ4n) is 2.00. The molecule has 0 N–H and O–H groups in total. The van der Waals surface area contributed by atoms with Crippen LogP contribution in [0.3, 0.4) is 0 Å². The molecular formula is C16H12N2O2S. The monoisotopic (exact) mass is 296 g/mol. The number of nitrogens with zero attached hydrogens (tertiary/aromatic N) is 2. The van der Waals surface area contributed by atoms with Gasteiger partial charge in [-0.15, -0.1) is 0 Å². The third kappa shape index (κ3) is 2.65. The van der Waals surface area contributed by atoms with E-state index in [9.17, 15) is 8.42 Å². The van der Waals surface area contributed by atoms with E-state index in [4.69, 9.17) is 13.1 Å². The summed E-state index contributed by atoms with van der Waals surface area (Å²) in [6, 6.07) is 9.20. The molecule has 0 aliphatic carbocycles. The summed E-state index contributed by atoms with van der Waals surface area (Å²) in [5, 5.41) is 0.